The van der Waals surface area contributed by atoms with E-state index in [1.54, 1.807) is 46.1 Å². The van der Waals surface area contributed by atoms with Crippen LogP contribution in [0.2, 0.25) is 5.02 Å². The number of pyridine rings is 4. The molecular weight excluding hydrogens is 728 g/mol. The SMILES string of the molecule is N=C(c1ccccc1)c1ccccc1.[C-]#[N+]c1cc(C)c(Oc2cc(Cl)c3ncn(C)c3n2)cn1.[C-]#[N+]c1cc(C)c(Oc2cc(N)c3ncn(C)c3n2)cn1. The number of nitrogens with one attached hydrogen (secondary N) is 1. The maximum absolute atomic E-state index is 7.97. The van der Waals surface area contributed by atoms with Crippen LogP contribution in [0.5, 0.6) is 23.3 Å². The van der Waals surface area contributed by atoms with Gasteiger partial charge >= 0.3 is 0 Å². The average molecular weight is 761 g/mol. The van der Waals surface area contributed by atoms with Gasteiger partial charge in [-0.05, 0) is 48.2 Å². The summed E-state index contributed by atoms with van der Waals surface area (Å²) < 4.78 is 15.0. The van der Waals surface area contributed by atoms with Crippen LogP contribution in [0.1, 0.15) is 22.3 Å². The number of ether oxygens (including phenoxy) is 2. The molecular formula is C41H33ClN12O2. The zero-order valence-corrected chi connectivity index (χ0v) is 31.4. The van der Waals surface area contributed by atoms with Crippen molar-refractivity contribution >= 4 is 57.0 Å². The molecule has 0 saturated carbocycles. The van der Waals surface area contributed by atoms with Crippen LogP contribution in [0.15, 0.2) is 110 Å². The van der Waals surface area contributed by atoms with E-state index in [4.69, 9.17) is 45.4 Å². The zero-order chi connectivity index (χ0) is 39.8. The lowest BCUT2D eigenvalue weighted by Crippen LogP contribution is -1.99. The van der Waals surface area contributed by atoms with Crippen LogP contribution in [0, 0.1) is 32.4 Å². The van der Waals surface area contributed by atoms with Gasteiger partial charge in [-0.3, -0.25) is 5.41 Å². The molecule has 15 heteroatoms. The minimum absolute atomic E-state index is 0.327. The molecule has 14 nitrogen and oxygen atoms in total. The Kier molecular flexibility index (Phi) is 11.5. The monoisotopic (exact) mass is 760 g/mol. The van der Waals surface area contributed by atoms with Gasteiger partial charge in [0.2, 0.25) is 11.8 Å². The van der Waals surface area contributed by atoms with E-state index >= 15 is 0 Å². The Hall–Kier alpha value is -7.68. The van der Waals surface area contributed by atoms with Crippen LogP contribution in [0.4, 0.5) is 17.3 Å². The van der Waals surface area contributed by atoms with Crippen LogP contribution in [-0.2, 0) is 14.1 Å². The summed E-state index contributed by atoms with van der Waals surface area (Å²) in [5, 5.41) is 8.44. The van der Waals surface area contributed by atoms with E-state index in [1.165, 1.54) is 12.4 Å². The van der Waals surface area contributed by atoms with E-state index in [0.717, 1.165) is 22.3 Å². The molecule has 0 radical (unpaired) electrons. The van der Waals surface area contributed by atoms with Gasteiger partial charge in [-0.25, -0.2) is 9.97 Å². The highest BCUT2D eigenvalue weighted by Gasteiger charge is 2.14. The largest absolute Gasteiger partial charge is 0.435 e. The van der Waals surface area contributed by atoms with Crippen molar-refractivity contribution < 1.29 is 9.47 Å². The van der Waals surface area contributed by atoms with E-state index < -0.39 is 0 Å². The molecule has 0 aliphatic rings. The molecule has 0 spiro atoms. The fourth-order valence-electron chi connectivity index (χ4n) is 5.23. The number of nitrogens with zero attached hydrogens (tertiary/aromatic N) is 10. The van der Waals surface area contributed by atoms with Gasteiger partial charge in [0.05, 0.1) is 29.1 Å². The van der Waals surface area contributed by atoms with E-state index in [9.17, 15) is 0 Å². The summed E-state index contributed by atoms with van der Waals surface area (Å²) in [7, 11) is 3.67. The molecule has 6 heterocycles. The maximum atomic E-state index is 7.97. The van der Waals surface area contributed by atoms with Gasteiger partial charge in [0.15, 0.2) is 35.2 Å². The van der Waals surface area contributed by atoms with Crippen LogP contribution >= 0.6 is 11.6 Å². The molecule has 6 aromatic heterocycles. The maximum Gasteiger partial charge on any atom is 0.269 e. The number of rotatable bonds is 6. The quantitative estimate of drug-likeness (QED) is 0.124. The van der Waals surface area contributed by atoms with E-state index in [0.29, 0.717) is 73.6 Å². The van der Waals surface area contributed by atoms with Gasteiger partial charge in [-0.2, -0.15) is 9.97 Å². The highest BCUT2D eigenvalue weighted by Crippen LogP contribution is 2.31. The smallest absolute Gasteiger partial charge is 0.269 e. The summed E-state index contributed by atoms with van der Waals surface area (Å²) in [6, 6.07) is 26.1. The zero-order valence-electron chi connectivity index (χ0n) is 30.6. The molecule has 0 saturated heterocycles. The Morgan fingerprint density at radius 3 is 1.59 bits per heavy atom. The Morgan fingerprint density at radius 2 is 1.12 bits per heavy atom. The number of aryl methyl sites for hydroxylation is 4. The van der Waals surface area contributed by atoms with Crippen LogP contribution in [-0.4, -0.2) is 44.7 Å². The van der Waals surface area contributed by atoms with Gasteiger partial charge in [-0.1, -0.05) is 85.4 Å². The Labute approximate surface area is 327 Å². The highest BCUT2D eigenvalue weighted by molar-refractivity contribution is 6.34. The van der Waals surface area contributed by atoms with Crippen molar-refractivity contribution in [2.75, 3.05) is 5.73 Å². The second-order valence-corrected chi connectivity index (χ2v) is 12.6. The summed E-state index contributed by atoms with van der Waals surface area (Å²) in [5.74, 6) is 2.45. The molecule has 0 amide bonds. The molecule has 8 aromatic rings. The fraction of sp³-hybridized carbons (Fsp3) is 0.0976. The number of imidazole rings is 2. The van der Waals surface area contributed by atoms with Crippen molar-refractivity contribution in [1.29, 1.82) is 5.41 Å². The number of benzene rings is 2. The highest BCUT2D eigenvalue weighted by atomic mass is 35.5. The molecule has 0 aliphatic carbocycles. The molecule has 3 N–H and O–H groups in total. The third-order valence-electron chi connectivity index (χ3n) is 8.15. The van der Waals surface area contributed by atoms with Crippen molar-refractivity contribution in [1.82, 2.24) is 39.0 Å². The molecule has 8 rings (SSSR count). The van der Waals surface area contributed by atoms with Gasteiger partial charge < -0.3 is 34.0 Å². The first-order valence-corrected chi connectivity index (χ1v) is 17.2. The van der Waals surface area contributed by atoms with E-state index in [2.05, 4.69) is 39.6 Å². The lowest BCUT2D eigenvalue weighted by molar-refractivity contribution is 0.458. The third-order valence-corrected chi connectivity index (χ3v) is 8.44. The predicted octanol–water partition coefficient (Wildman–Crippen LogP) is 9.37. The number of halogens is 1. The second-order valence-electron chi connectivity index (χ2n) is 12.2. The van der Waals surface area contributed by atoms with Crippen molar-refractivity contribution in [3.8, 4) is 23.3 Å². The normalized spacial score (nSPS) is 10.3. The number of nitrogens with two attached hydrogens (primary N) is 1. The Morgan fingerprint density at radius 1 is 0.679 bits per heavy atom. The summed E-state index contributed by atoms with van der Waals surface area (Å²) in [6.07, 6.45) is 6.31. The predicted molar refractivity (Wildman–Crippen MR) is 216 cm³/mol. The Balaban J connectivity index is 0.000000146. The third kappa shape index (κ3) is 8.74. The first-order valence-electron chi connectivity index (χ1n) is 16.8. The molecule has 56 heavy (non-hydrogen) atoms. The second kappa shape index (κ2) is 17.0. The van der Waals surface area contributed by atoms with E-state index in [-0.39, 0.29) is 0 Å². The summed E-state index contributed by atoms with van der Waals surface area (Å²) in [4.78, 5) is 31.6. The number of fused-ring (bicyclic) bond motifs is 2. The van der Waals surface area contributed by atoms with E-state index in [1.807, 2.05) is 88.6 Å². The molecule has 0 fully saturated rings. The summed E-state index contributed by atoms with van der Waals surface area (Å²) in [6.45, 7) is 17.6. The first-order chi connectivity index (χ1) is 27.0. The van der Waals surface area contributed by atoms with Crippen molar-refractivity contribution in [3.05, 3.63) is 160 Å². The summed E-state index contributed by atoms with van der Waals surface area (Å²) >= 11 is 6.18. The standard InChI is InChI=1S/C14H10ClN5O.C14H12N6O.C13H11N/c2*1-8-4-11(16-2)17-6-10(8)21-12-5-9(15)13-14(19-12)20(3)7-18-13;14-13(11-7-3-1-4-8-11)12-9-5-2-6-10-12/h4-7H,1,3H3;4-7H,1,3H3,(H2,15,19);1-10,14H. The number of nitrogen functional groups attached to an aromatic ring is 1. The molecule has 0 atom stereocenters. The molecule has 276 valence electrons. The first kappa shape index (κ1) is 38.1. The minimum Gasteiger partial charge on any atom is -0.435 e. The lowest BCUT2D eigenvalue weighted by atomic mass is 10.0. The fourth-order valence-corrected chi connectivity index (χ4v) is 5.46. The average Bonchev–Trinajstić information content (AvgIpc) is 3.79. The van der Waals surface area contributed by atoms with Gasteiger partial charge in [0.1, 0.15) is 11.0 Å². The van der Waals surface area contributed by atoms with Gasteiger partial charge in [0, 0.05) is 26.2 Å². The van der Waals surface area contributed by atoms with Crippen LogP contribution in [0.25, 0.3) is 32.0 Å². The molecule has 0 aliphatic heterocycles. The number of hydrogen-bond donors (Lipinski definition) is 2. The summed E-state index contributed by atoms with van der Waals surface area (Å²) in [5.41, 5.74) is 13.1. The van der Waals surface area contributed by atoms with Crippen LogP contribution in [0.3, 0.4) is 0 Å². The molecule has 0 unspecified atom stereocenters. The Bertz CT molecular complexity index is 2580. The lowest BCUT2D eigenvalue weighted by Gasteiger charge is -2.07. The van der Waals surface area contributed by atoms with Gasteiger partial charge in [0.25, 0.3) is 11.6 Å². The topological polar surface area (TPSA) is 164 Å². The number of hydrogen-bond acceptors (Lipinski definition) is 10. The minimum atomic E-state index is 0.327. The van der Waals surface area contributed by atoms with Crippen molar-refractivity contribution in [2.45, 2.75) is 13.8 Å². The van der Waals surface area contributed by atoms with Crippen LogP contribution < -0.4 is 15.2 Å². The van der Waals surface area contributed by atoms with Crippen molar-refractivity contribution in [2.24, 2.45) is 14.1 Å². The molecule has 2 aromatic carbocycles. The van der Waals surface area contributed by atoms with Gasteiger partial charge in [-0.15, -0.1) is 9.97 Å². The molecule has 0 bridgehead atoms. The number of aromatic nitrogens is 8. The van der Waals surface area contributed by atoms with Crippen molar-refractivity contribution in [3.63, 3.8) is 0 Å². The number of anilines is 1.